The van der Waals surface area contributed by atoms with E-state index in [1.165, 1.54) is 5.56 Å². The second kappa shape index (κ2) is 11.1. The molecule has 0 amide bonds. The summed E-state index contributed by atoms with van der Waals surface area (Å²) in [6, 6.07) is 15.8. The number of nitrogens with one attached hydrogen (secondary N) is 1. The minimum atomic E-state index is 0. The fourth-order valence-corrected chi connectivity index (χ4v) is 3.53. The number of methoxy groups -OCH3 is 1. The highest BCUT2D eigenvalue weighted by Crippen LogP contribution is 2.28. The summed E-state index contributed by atoms with van der Waals surface area (Å²) in [4.78, 5) is 7.15. The predicted molar refractivity (Wildman–Crippen MR) is 125 cm³/mol. The van der Waals surface area contributed by atoms with Gasteiger partial charge in [0.05, 0.1) is 7.11 Å². The van der Waals surface area contributed by atoms with Gasteiger partial charge in [-0.1, -0.05) is 24.3 Å². The summed E-state index contributed by atoms with van der Waals surface area (Å²) in [6.07, 6.45) is 1.95. The van der Waals surface area contributed by atoms with Crippen LogP contribution in [0, 0.1) is 0 Å². The van der Waals surface area contributed by atoms with Crippen molar-refractivity contribution in [1.82, 2.24) is 10.2 Å². The van der Waals surface area contributed by atoms with E-state index in [0.29, 0.717) is 18.2 Å². The second-order valence-electron chi connectivity index (χ2n) is 6.86. The Morgan fingerprint density at radius 3 is 2.71 bits per heavy atom. The van der Waals surface area contributed by atoms with Gasteiger partial charge in [0.1, 0.15) is 11.5 Å². The quantitative estimate of drug-likeness (QED) is 0.361. The summed E-state index contributed by atoms with van der Waals surface area (Å²) in [5.74, 6) is 2.71. The summed E-state index contributed by atoms with van der Waals surface area (Å²) in [5.41, 5.74) is 2.46. The van der Waals surface area contributed by atoms with Gasteiger partial charge in [-0.3, -0.25) is 4.99 Å². The van der Waals surface area contributed by atoms with Gasteiger partial charge in [0, 0.05) is 32.1 Å². The number of halogens is 1. The molecule has 1 atom stereocenters. The number of aromatic hydroxyl groups is 1. The molecule has 5 nitrogen and oxygen atoms in total. The molecule has 1 heterocycles. The van der Waals surface area contributed by atoms with Crippen molar-refractivity contribution in [1.29, 1.82) is 0 Å². The number of benzene rings is 2. The normalized spacial score (nSPS) is 16.6. The molecule has 0 aromatic heterocycles. The molecule has 0 spiro atoms. The number of ether oxygens (including phenoxy) is 1. The van der Waals surface area contributed by atoms with Gasteiger partial charge < -0.3 is 20.1 Å². The average molecular weight is 495 g/mol. The van der Waals surface area contributed by atoms with Crippen molar-refractivity contribution in [3.05, 3.63) is 59.7 Å². The molecule has 1 aliphatic heterocycles. The van der Waals surface area contributed by atoms with E-state index in [2.05, 4.69) is 29.3 Å². The number of phenols is 1. The summed E-state index contributed by atoms with van der Waals surface area (Å²) in [6.45, 7) is 5.64. The van der Waals surface area contributed by atoms with E-state index >= 15 is 0 Å². The highest BCUT2D eigenvalue weighted by Gasteiger charge is 2.26. The SMILES string of the molecule is CCNC(=NCCc1cccc(O)c1)N1CCC(c2ccc(OC)cc2)C1.I. The Morgan fingerprint density at radius 1 is 1.25 bits per heavy atom. The Bertz CT molecular complexity index is 765. The zero-order valence-corrected chi connectivity index (χ0v) is 18.9. The first-order valence-electron chi connectivity index (χ1n) is 9.64. The number of aliphatic imine (C=N–C) groups is 1. The van der Waals surface area contributed by atoms with E-state index in [0.717, 1.165) is 49.7 Å². The van der Waals surface area contributed by atoms with Gasteiger partial charge in [0.2, 0.25) is 0 Å². The first kappa shape index (κ1) is 22.3. The molecule has 2 N–H and O–H groups in total. The lowest BCUT2D eigenvalue weighted by Gasteiger charge is -2.22. The summed E-state index contributed by atoms with van der Waals surface area (Å²) < 4.78 is 5.26. The summed E-state index contributed by atoms with van der Waals surface area (Å²) >= 11 is 0. The maximum absolute atomic E-state index is 9.58. The molecule has 0 saturated carbocycles. The zero-order chi connectivity index (χ0) is 19.1. The Hall–Kier alpha value is -1.96. The van der Waals surface area contributed by atoms with Crippen LogP contribution >= 0.6 is 24.0 Å². The molecule has 152 valence electrons. The van der Waals surface area contributed by atoms with Gasteiger partial charge >= 0.3 is 0 Å². The molecule has 1 aliphatic rings. The van der Waals surface area contributed by atoms with Crippen molar-refractivity contribution in [3.63, 3.8) is 0 Å². The molecule has 0 bridgehead atoms. The fourth-order valence-electron chi connectivity index (χ4n) is 3.53. The molecule has 1 fully saturated rings. The minimum absolute atomic E-state index is 0. The molecule has 1 saturated heterocycles. The molecule has 6 heteroatoms. The van der Waals surface area contributed by atoms with Crippen LogP contribution in [0.4, 0.5) is 0 Å². The Labute approximate surface area is 184 Å². The molecule has 0 aliphatic carbocycles. The third-order valence-corrected chi connectivity index (χ3v) is 4.98. The van der Waals surface area contributed by atoms with E-state index in [9.17, 15) is 5.11 Å². The van der Waals surface area contributed by atoms with Crippen LogP contribution in [0.5, 0.6) is 11.5 Å². The van der Waals surface area contributed by atoms with E-state index in [4.69, 9.17) is 9.73 Å². The standard InChI is InChI=1S/C22H29N3O2.HI/c1-3-23-22(24-13-11-17-5-4-6-20(26)15-17)25-14-12-19(16-25)18-7-9-21(27-2)10-8-18;/h4-10,15,19,26H,3,11-14,16H2,1-2H3,(H,23,24);1H. The first-order valence-corrected chi connectivity index (χ1v) is 9.64. The monoisotopic (exact) mass is 495 g/mol. The maximum atomic E-state index is 9.58. The molecule has 2 aromatic rings. The number of phenolic OH excluding ortho intramolecular Hbond substituents is 1. The number of guanidine groups is 1. The zero-order valence-electron chi connectivity index (χ0n) is 16.6. The van der Waals surface area contributed by atoms with Crippen LogP contribution < -0.4 is 10.1 Å². The van der Waals surface area contributed by atoms with Crippen LogP contribution in [0.25, 0.3) is 0 Å². The highest BCUT2D eigenvalue weighted by atomic mass is 127. The lowest BCUT2D eigenvalue weighted by molar-refractivity contribution is 0.414. The Balaban J connectivity index is 0.00000280. The number of rotatable bonds is 6. The predicted octanol–water partition coefficient (Wildman–Crippen LogP) is 4.02. The third-order valence-electron chi connectivity index (χ3n) is 4.98. The summed E-state index contributed by atoms with van der Waals surface area (Å²) in [5, 5.41) is 13.0. The molecular weight excluding hydrogens is 465 g/mol. The lowest BCUT2D eigenvalue weighted by atomic mass is 9.98. The number of hydrogen-bond donors (Lipinski definition) is 2. The van der Waals surface area contributed by atoms with Crippen LogP contribution in [0.1, 0.15) is 30.4 Å². The van der Waals surface area contributed by atoms with Gasteiger partial charge in [0.25, 0.3) is 0 Å². The van der Waals surface area contributed by atoms with E-state index in [1.54, 1.807) is 19.2 Å². The maximum Gasteiger partial charge on any atom is 0.193 e. The lowest BCUT2D eigenvalue weighted by Crippen LogP contribution is -2.40. The average Bonchev–Trinajstić information content (AvgIpc) is 3.17. The molecule has 0 radical (unpaired) electrons. The van der Waals surface area contributed by atoms with Crippen LogP contribution in [0.2, 0.25) is 0 Å². The first-order chi connectivity index (χ1) is 13.2. The van der Waals surface area contributed by atoms with Crippen LogP contribution in [-0.4, -0.2) is 49.3 Å². The van der Waals surface area contributed by atoms with E-state index in [-0.39, 0.29) is 24.0 Å². The molecular formula is C22H30IN3O2. The van der Waals surface area contributed by atoms with Gasteiger partial charge in [0.15, 0.2) is 5.96 Å². The van der Waals surface area contributed by atoms with Crippen molar-refractivity contribution < 1.29 is 9.84 Å². The van der Waals surface area contributed by atoms with Gasteiger partial charge in [-0.2, -0.15) is 0 Å². The van der Waals surface area contributed by atoms with E-state index < -0.39 is 0 Å². The van der Waals surface area contributed by atoms with Crippen molar-refractivity contribution in [2.45, 2.75) is 25.7 Å². The van der Waals surface area contributed by atoms with Crippen molar-refractivity contribution >= 4 is 29.9 Å². The molecule has 1 unspecified atom stereocenters. The van der Waals surface area contributed by atoms with Crippen LogP contribution in [-0.2, 0) is 6.42 Å². The smallest absolute Gasteiger partial charge is 0.193 e. The number of nitrogens with zero attached hydrogens (tertiary/aromatic N) is 2. The topological polar surface area (TPSA) is 57.1 Å². The largest absolute Gasteiger partial charge is 0.508 e. The minimum Gasteiger partial charge on any atom is -0.508 e. The van der Waals surface area contributed by atoms with E-state index in [1.807, 2.05) is 24.3 Å². The van der Waals surface area contributed by atoms with Gasteiger partial charge in [-0.05, 0) is 55.2 Å². The Morgan fingerprint density at radius 2 is 2.04 bits per heavy atom. The summed E-state index contributed by atoms with van der Waals surface area (Å²) in [7, 11) is 1.70. The molecule has 2 aromatic carbocycles. The highest BCUT2D eigenvalue weighted by molar-refractivity contribution is 14.0. The number of likely N-dealkylation sites (tertiary alicyclic amines) is 1. The van der Waals surface area contributed by atoms with Crippen molar-refractivity contribution in [3.8, 4) is 11.5 Å². The number of hydrogen-bond acceptors (Lipinski definition) is 3. The fraction of sp³-hybridized carbons (Fsp3) is 0.409. The van der Waals surface area contributed by atoms with Crippen LogP contribution in [0.3, 0.4) is 0 Å². The van der Waals surface area contributed by atoms with Crippen molar-refractivity contribution in [2.24, 2.45) is 4.99 Å². The molecule has 28 heavy (non-hydrogen) atoms. The third kappa shape index (κ3) is 6.02. The van der Waals surface area contributed by atoms with Crippen LogP contribution in [0.15, 0.2) is 53.5 Å². The molecule has 3 rings (SSSR count). The van der Waals surface area contributed by atoms with Gasteiger partial charge in [-0.15, -0.1) is 24.0 Å². The van der Waals surface area contributed by atoms with Crippen molar-refractivity contribution in [2.75, 3.05) is 33.3 Å². The van der Waals surface area contributed by atoms with Gasteiger partial charge in [-0.25, -0.2) is 0 Å². The second-order valence-corrected chi connectivity index (χ2v) is 6.86. The Kier molecular flexibility index (Phi) is 8.89.